The van der Waals surface area contributed by atoms with Crippen LogP contribution in [0.15, 0.2) is 102 Å². The minimum absolute atomic E-state index is 0.0702. The van der Waals surface area contributed by atoms with Crippen molar-refractivity contribution in [2.75, 3.05) is 56.1 Å². The van der Waals surface area contributed by atoms with Crippen molar-refractivity contribution in [3.63, 3.8) is 0 Å². The molecule has 0 aromatic heterocycles. The molecule has 13 nitrogen and oxygen atoms in total. The van der Waals surface area contributed by atoms with E-state index in [-0.39, 0.29) is 19.2 Å². The number of benzene rings is 5. The lowest BCUT2D eigenvalue weighted by molar-refractivity contribution is -0.110. The number of ether oxygens (including phenoxy) is 5. The van der Waals surface area contributed by atoms with E-state index in [0.29, 0.717) is 73.3 Å². The van der Waals surface area contributed by atoms with E-state index < -0.39 is 11.5 Å². The van der Waals surface area contributed by atoms with E-state index in [4.69, 9.17) is 31.5 Å². The summed E-state index contributed by atoms with van der Waals surface area (Å²) in [7, 11) is 11.6. The molecule has 14 heteroatoms. The first-order valence-corrected chi connectivity index (χ1v) is 21.0. The zero-order valence-corrected chi connectivity index (χ0v) is 36.1. The van der Waals surface area contributed by atoms with Crippen molar-refractivity contribution in [2.24, 2.45) is 4.99 Å². The average Bonchev–Trinajstić information content (AvgIpc) is 3.66. The fourth-order valence-electron chi connectivity index (χ4n) is 8.04. The van der Waals surface area contributed by atoms with Crippen molar-refractivity contribution in [3.8, 4) is 34.1 Å². The first-order valence-electron chi connectivity index (χ1n) is 21.0. The predicted octanol–water partition coefficient (Wildman–Crippen LogP) is 7.95. The number of aryl methyl sites for hydroxylation is 1. The highest BCUT2D eigenvalue weighted by molar-refractivity contribution is 6.26. The molecule has 0 spiro atoms. The Morgan fingerprint density at radius 2 is 1.54 bits per heavy atom. The van der Waals surface area contributed by atoms with Crippen LogP contribution in [0.25, 0.3) is 11.1 Å². The van der Waals surface area contributed by atoms with Crippen LogP contribution in [-0.2, 0) is 33.8 Å². The number of nitrogens with zero attached hydrogens (tertiary/aromatic N) is 3. The third-order valence-corrected chi connectivity index (χ3v) is 11.4. The Hall–Kier alpha value is -6.96. The summed E-state index contributed by atoms with van der Waals surface area (Å²) in [5.74, 6) is 2.13. The van der Waals surface area contributed by atoms with E-state index in [1.54, 1.807) is 30.2 Å². The molecule has 2 N–H and O–H groups in total. The Bertz CT molecular complexity index is 2450. The van der Waals surface area contributed by atoms with Crippen LogP contribution in [0.3, 0.4) is 0 Å². The third-order valence-electron chi connectivity index (χ3n) is 11.4. The fraction of sp³-hybridized carbons (Fsp3) is 0.306. The van der Waals surface area contributed by atoms with Gasteiger partial charge in [0, 0.05) is 47.8 Å². The minimum Gasteiger partial charge on any atom is -0.493 e. The number of hydrogen-bond donors (Lipinski definition) is 2. The third kappa shape index (κ3) is 10.2. The number of para-hydroxylation sites is 1. The number of rotatable bonds is 19. The molecule has 2 atom stereocenters. The number of unbranched alkanes of at least 4 members (excludes halogenated alkanes) is 2. The maximum Gasteiger partial charge on any atom is 0.414 e. The zero-order valence-electron chi connectivity index (χ0n) is 36.1. The number of carbonyl (C=O) groups excluding carboxylic acids is 3. The number of aliphatic imine (C=N–C) groups is 1. The van der Waals surface area contributed by atoms with Gasteiger partial charge in [-0.1, -0.05) is 54.6 Å². The van der Waals surface area contributed by atoms with E-state index in [9.17, 15) is 14.4 Å². The van der Waals surface area contributed by atoms with Crippen molar-refractivity contribution in [3.05, 3.63) is 119 Å². The Labute approximate surface area is 369 Å². The number of anilines is 3. The van der Waals surface area contributed by atoms with Crippen LogP contribution < -0.4 is 39.4 Å². The molecule has 0 fully saturated rings. The lowest BCUT2D eigenvalue weighted by atomic mass is 9.72. The van der Waals surface area contributed by atoms with Gasteiger partial charge in [0.05, 0.1) is 51.4 Å². The normalized spacial score (nSPS) is 16.0. The number of carbonyl (C=O) groups is 3. The molecule has 324 valence electrons. The topological polar surface area (TPSA) is 140 Å². The highest BCUT2D eigenvalue weighted by atomic mass is 16.6. The van der Waals surface area contributed by atoms with Crippen LogP contribution >= 0.6 is 0 Å². The Kier molecular flexibility index (Phi) is 14.2. The smallest absolute Gasteiger partial charge is 0.414 e. The van der Waals surface area contributed by atoms with Crippen LogP contribution in [0.2, 0.25) is 0 Å². The molecule has 5 aromatic carbocycles. The number of amides is 3. The fourth-order valence-corrected chi connectivity index (χ4v) is 8.04. The monoisotopic (exact) mass is 849 g/mol. The van der Waals surface area contributed by atoms with Gasteiger partial charge in [-0.15, -0.1) is 0 Å². The molecule has 2 heterocycles. The maximum atomic E-state index is 14.1. The average molecular weight is 850 g/mol. The quantitative estimate of drug-likeness (QED) is 0.0482. The second kappa shape index (κ2) is 20.3. The van der Waals surface area contributed by atoms with E-state index in [0.717, 1.165) is 64.0 Å². The second-order valence-electron chi connectivity index (χ2n) is 15.6. The van der Waals surface area contributed by atoms with Crippen molar-refractivity contribution in [2.45, 2.75) is 57.1 Å². The largest absolute Gasteiger partial charge is 0.493 e. The van der Waals surface area contributed by atoms with Crippen molar-refractivity contribution in [1.29, 1.82) is 0 Å². The molecule has 2 unspecified atom stereocenters. The molecular weight excluding hydrogens is 797 g/mol. The van der Waals surface area contributed by atoms with Gasteiger partial charge in [0.15, 0.2) is 23.0 Å². The standard InChI is InChI=1S/C49H52BN5O8/c1-33-22-44(59-3)47(26-43(33)54(48(58)63-29-34-16-18-37(51-2)19-17-34)28-38-23-35-12-7-9-15-42(35)55(38)32-57)62-21-11-5-10-20-61-46-25-41-40(24-45(46)60-4)39-14-8-6-13-36(39)27-49(50,30-52-41)53-31-56/h6-9,12-19,22,24-26,30-32,38,51H,5,10-11,20-21,23,27-29H2,1-4H3,(H,53,56). The van der Waals surface area contributed by atoms with Crippen LogP contribution in [0.1, 0.15) is 41.5 Å². The summed E-state index contributed by atoms with van der Waals surface area (Å²) in [5, 5.41) is 5.80. The summed E-state index contributed by atoms with van der Waals surface area (Å²) in [4.78, 5) is 45.9. The van der Waals surface area contributed by atoms with Gasteiger partial charge in [-0.3, -0.25) is 19.5 Å². The molecule has 63 heavy (non-hydrogen) atoms. The minimum atomic E-state index is -1.16. The lowest BCUT2D eigenvalue weighted by Crippen LogP contribution is -2.49. The summed E-state index contributed by atoms with van der Waals surface area (Å²) in [6, 6.07) is 30.4. The van der Waals surface area contributed by atoms with Gasteiger partial charge in [-0.25, -0.2) is 4.79 Å². The first-order chi connectivity index (χ1) is 30.7. The summed E-state index contributed by atoms with van der Waals surface area (Å²) in [5.41, 5.74) is 7.28. The van der Waals surface area contributed by atoms with E-state index >= 15 is 0 Å². The van der Waals surface area contributed by atoms with E-state index in [2.05, 4.69) is 15.6 Å². The highest BCUT2D eigenvalue weighted by Crippen LogP contribution is 2.43. The number of fused-ring (bicyclic) bond motifs is 4. The Balaban J connectivity index is 1.01. The van der Waals surface area contributed by atoms with Gasteiger partial charge in [0.25, 0.3) is 0 Å². The molecule has 0 saturated carbocycles. The van der Waals surface area contributed by atoms with Crippen molar-refractivity contribution in [1.82, 2.24) is 5.32 Å². The molecule has 5 aromatic rings. The summed E-state index contributed by atoms with van der Waals surface area (Å²) in [6.07, 6.45) is 5.62. The number of nitrogens with one attached hydrogen (secondary N) is 2. The van der Waals surface area contributed by atoms with Gasteiger partial charge >= 0.3 is 6.09 Å². The molecule has 2 aliphatic heterocycles. The van der Waals surface area contributed by atoms with E-state index in [1.807, 2.05) is 111 Å². The second-order valence-corrected chi connectivity index (χ2v) is 15.6. The Morgan fingerprint density at radius 3 is 2.24 bits per heavy atom. The number of methoxy groups -OCH3 is 2. The maximum absolute atomic E-state index is 14.1. The SMILES string of the molecule is [B]C1(NC=O)C=Nc2cc(OCCCCCOc3cc(N(CC4Cc5ccccc5N4C=O)C(=O)OCc4ccc(NC)cc4)c(C)cc3OC)c(OC)cc2-c2ccccc2C1. The zero-order chi connectivity index (χ0) is 44.3. The Morgan fingerprint density at radius 1 is 0.857 bits per heavy atom. The van der Waals surface area contributed by atoms with Gasteiger partial charge in [0.2, 0.25) is 12.8 Å². The molecule has 0 aliphatic carbocycles. The molecule has 3 amide bonds. The van der Waals surface area contributed by atoms with Gasteiger partial charge in [0.1, 0.15) is 14.5 Å². The summed E-state index contributed by atoms with van der Waals surface area (Å²) in [6.45, 7) is 2.97. The van der Waals surface area contributed by atoms with E-state index in [1.165, 1.54) is 0 Å². The first kappa shape index (κ1) is 44.1. The number of hydrogen-bond acceptors (Lipinski definition) is 10. The lowest BCUT2D eigenvalue weighted by Gasteiger charge is -2.30. The summed E-state index contributed by atoms with van der Waals surface area (Å²) < 4.78 is 30.0. The molecule has 0 bridgehead atoms. The van der Waals surface area contributed by atoms with Crippen LogP contribution in [0.5, 0.6) is 23.0 Å². The van der Waals surface area contributed by atoms with Gasteiger partial charge in [-0.05, 0) is 97.2 Å². The van der Waals surface area contributed by atoms with Crippen molar-refractivity contribution >= 4 is 55.7 Å². The van der Waals surface area contributed by atoms with Crippen molar-refractivity contribution < 1.29 is 38.1 Å². The molecule has 0 saturated heterocycles. The van der Waals surface area contributed by atoms with Crippen LogP contribution in [-0.4, -0.2) is 85.5 Å². The predicted molar refractivity (Wildman–Crippen MR) is 247 cm³/mol. The molecular formula is C49H52BN5O8. The molecule has 2 aliphatic rings. The highest BCUT2D eigenvalue weighted by Gasteiger charge is 2.34. The van der Waals surface area contributed by atoms with Crippen LogP contribution in [0, 0.1) is 6.92 Å². The summed E-state index contributed by atoms with van der Waals surface area (Å²) >= 11 is 0. The van der Waals surface area contributed by atoms with Gasteiger partial charge < -0.3 is 39.2 Å². The van der Waals surface area contributed by atoms with Crippen LogP contribution in [0.4, 0.5) is 27.5 Å². The molecule has 2 radical (unpaired) electrons. The molecule has 7 rings (SSSR count). The van der Waals surface area contributed by atoms with Gasteiger partial charge in [-0.2, -0.15) is 0 Å².